The highest BCUT2D eigenvalue weighted by Crippen LogP contribution is 2.28. The average Bonchev–Trinajstić information content (AvgIpc) is 2.75. The third-order valence-corrected chi connectivity index (χ3v) is 3.53. The van der Waals surface area contributed by atoms with Crippen LogP contribution in [0.2, 0.25) is 5.02 Å². The fourth-order valence-electron chi connectivity index (χ4n) is 2.10. The van der Waals surface area contributed by atoms with Gasteiger partial charge in [-0.05, 0) is 18.2 Å². The number of fused-ring (bicyclic) bond motifs is 1. The normalized spacial score (nSPS) is 10.9. The van der Waals surface area contributed by atoms with Gasteiger partial charge < -0.3 is 10.3 Å². The predicted octanol–water partition coefficient (Wildman–Crippen LogP) is 4.71. The molecule has 2 nitrogen and oxygen atoms in total. The van der Waals surface area contributed by atoms with Crippen LogP contribution in [0, 0.1) is 11.6 Å². The first-order chi connectivity index (χ1) is 9.65. The summed E-state index contributed by atoms with van der Waals surface area (Å²) in [5, 5.41) is 4.43. The van der Waals surface area contributed by atoms with Crippen molar-refractivity contribution in [3.8, 4) is 0 Å². The first-order valence-corrected chi connectivity index (χ1v) is 6.47. The molecule has 0 unspecified atom stereocenters. The minimum Gasteiger partial charge on any atom is -0.377 e. The van der Waals surface area contributed by atoms with Crippen LogP contribution in [0.4, 0.5) is 14.5 Å². The minimum atomic E-state index is -0.628. The molecule has 0 aliphatic rings. The molecule has 2 N–H and O–H groups in total. The number of hydrogen-bond acceptors (Lipinski definition) is 1. The molecule has 1 aromatic heterocycles. The van der Waals surface area contributed by atoms with Gasteiger partial charge in [0.05, 0.1) is 22.9 Å². The Bertz CT molecular complexity index is 768. The lowest BCUT2D eigenvalue weighted by Gasteiger charge is -2.06. The van der Waals surface area contributed by atoms with E-state index >= 15 is 0 Å². The number of H-pyrrole nitrogens is 1. The largest absolute Gasteiger partial charge is 0.377 e. The van der Waals surface area contributed by atoms with Crippen molar-refractivity contribution in [2.24, 2.45) is 0 Å². The summed E-state index contributed by atoms with van der Waals surface area (Å²) >= 11 is 6.26. The Balaban J connectivity index is 1.85. The number of anilines is 1. The van der Waals surface area contributed by atoms with E-state index in [0.29, 0.717) is 11.6 Å². The van der Waals surface area contributed by atoms with Gasteiger partial charge in [0.1, 0.15) is 11.6 Å². The molecule has 0 saturated carbocycles. The van der Waals surface area contributed by atoms with Crippen molar-refractivity contribution in [1.82, 2.24) is 4.98 Å². The van der Waals surface area contributed by atoms with Gasteiger partial charge in [0.2, 0.25) is 0 Å². The fraction of sp³-hybridized carbons (Fsp3) is 0.0667. The lowest BCUT2D eigenvalue weighted by Crippen LogP contribution is -2.02. The summed E-state index contributed by atoms with van der Waals surface area (Å²) in [6.45, 7) is 0.329. The molecule has 0 bridgehead atoms. The van der Waals surface area contributed by atoms with Crippen molar-refractivity contribution in [2.45, 2.75) is 6.54 Å². The van der Waals surface area contributed by atoms with E-state index in [1.54, 1.807) is 0 Å². The molecule has 0 aliphatic carbocycles. The quantitative estimate of drug-likeness (QED) is 0.719. The molecule has 0 amide bonds. The Kier molecular flexibility index (Phi) is 3.32. The Morgan fingerprint density at radius 2 is 1.90 bits per heavy atom. The Labute approximate surface area is 119 Å². The van der Waals surface area contributed by atoms with E-state index in [-0.39, 0.29) is 5.69 Å². The molecular weight excluding hydrogens is 282 g/mol. The van der Waals surface area contributed by atoms with Gasteiger partial charge in [0.15, 0.2) is 0 Å². The standard InChI is InChI=1S/C15H11ClF2N2/c16-15-10-3-1-2-4-12(10)20-14(15)8-19-13-6-5-9(17)7-11(13)18/h1-7,19-20H,8H2. The molecule has 102 valence electrons. The highest BCUT2D eigenvalue weighted by Gasteiger charge is 2.10. The zero-order valence-electron chi connectivity index (χ0n) is 10.4. The van der Waals surface area contributed by atoms with Crippen molar-refractivity contribution in [1.29, 1.82) is 0 Å². The zero-order chi connectivity index (χ0) is 14.1. The van der Waals surface area contributed by atoms with Crippen molar-refractivity contribution >= 4 is 28.2 Å². The molecule has 0 radical (unpaired) electrons. The maximum atomic E-state index is 13.5. The number of hydrogen-bond donors (Lipinski definition) is 2. The fourth-order valence-corrected chi connectivity index (χ4v) is 2.38. The first kappa shape index (κ1) is 12.9. The van der Waals surface area contributed by atoms with Crippen LogP contribution in [0.5, 0.6) is 0 Å². The van der Waals surface area contributed by atoms with Gasteiger partial charge in [-0.25, -0.2) is 8.78 Å². The Morgan fingerprint density at radius 1 is 1.10 bits per heavy atom. The monoisotopic (exact) mass is 292 g/mol. The predicted molar refractivity (Wildman–Crippen MR) is 77.0 cm³/mol. The van der Waals surface area contributed by atoms with E-state index in [0.717, 1.165) is 22.7 Å². The molecule has 0 spiro atoms. The van der Waals surface area contributed by atoms with Crippen molar-refractivity contribution < 1.29 is 8.78 Å². The molecule has 3 rings (SSSR count). The molecule has 0 atom stereocenters. The number of aromatic nitrogens is 1. The molecule has 0 saturated heterocycles. The Hall–Kier alpha value is -2.07. The van der Waals surface area contributed by atoms with Crippen LogP contribution in [-0.2, 0) is 6.54 Å². The van der Waals surface area contributed by atoms with E-state index < -0.39 is 11.6 Å². The summed E-state index contributed by atoms with van der Waals surface area (Å²) in [7, 11) is 0. The smallest absolute Gasteiger partial charge is 0.149 e. The maximum Gasteiger partial charge on any atom is 0.149 e. The number of aromatic amines is 1. The molecule has 0 aliphatic heterocycles. The van der Waals surface area contributed by atoms with Gasteiger partial charge in [-0.3, -0.25) is 0 Å². The summed E-state index contributed by atoms with van der Waals surface area (Å²) in [6.07, 6.45) is 0. The van der Waals surface area contributed by atoms with E-state index in [4.69, 9.17) is 11.6 Å². The summed E-state index contributed by atoms with van der Waals surface area (Å²) < 4.78 is 26.3. The van der Waals surface area contributed by atoms with Crippen LogP contribution in [-0.4, -0.2) is 4.98 Å². The third-order valence-electron chi connectivity index (χ3n) is 3.10. The summed E-state index contributed by atoms with van der Waals surface area (Å²) in [5.74, 6) is -1.23. The molecule has 20 heavy (non-hydrogen) atoms. The summed E-state index contributed by atoms with van der Waals surface area (Å²) in [6, 6.07) is 11.1. The molecule has 1 heterocycles. The molecule has 5 heteroatoms. The van der Waals surface area contributed by atoms with Gasteiger partial charge >= 0.3 is 0 Å². The van der Waals surface area contributed by atoms with E-state index in [1.165, 1.54) is 12.1 Å². The van der Waals surface area contributed by atoms with E-state index in [9.17, 15) is 8.78 Å². The second-order valence-corrected chi connectivity index (χ2v) is 4.82. The first-order valence-electron chi connectivity index (χ1n) is 6.09. The lowest BCUT2D eigenvalue weighted by atomic mass is 10.2. The van der Waals surface area contributed by atoms with Crippen LogP contribution in [0.25, 0.3) is 10.9 Å². The second-order valence-electron chi connectivity index (χ2n) is 4.44. The zero-order valence-corrected chi connectivity index (χ0v) is 11.1. The van der Waals surface area contributed by atoms with Gasteiger partial charge in [-0.15, -0.1) is 0 Å². The highest BCUT2D eigenvalue weighted by molar-refractivity contribution is 6.36. The van der Waals surface area contributed by atoms with Crippen LogP contribution < -0.4 is 5.32 Å². The second kappa shape index (κ2) is 5.13. The number of benzene rings is 2. The molecule has 0 fully saturated rings. The molecular formula is C15H11ClF2N2. The van der Waals surface area contributed by atoms with Crippen molar-refractivity contribution in [3.63, 3.8) is 0 Å². The number of halogens is 3. The number of para-hydroxylation sites is 1. The van der Waals surface area contributed by atoms with Crippen LogP contribution in [0.3, 0.4) is 0 Å². The van der Waals surface area contributed by atoms with Crippen LogP contribution >= 0.6 is 11.6 Å². The SMILES string of the molecule is Fc1ccc(NCc2[nH]c3ccccc3c2Cl)c(F)c1. The highest BCUT2D eigenvalue weighted by atomic mass is 35.5. The summed E-state index contributed by atoms with van der Waals surface area (Å²) in [5.41, 5.74) is 1.92. The Morgan fingerprint density at radius 3 is 2.65 bits per heavy atom. The van der Waals surface area contributed by atoms with Crippen molar-refractivity contribution in [2.75, 3.05) is 5.32 Å². The van der Waals surface area contributed by atoms with Gasteiger partial charge in [0.25, 0.3) is 0 Å². The minimum absolute atomic E-state index is 0.237. The molecule has 3 aromatic rings. The average molecular weight is 293 g/mol. The van der Waals surface area contributed by atoms with Crippen LogP contribution in [0.15, 0.2) is 42.5 Å². The topological polar surface area (TPSA) is 27.8 Å². The van der Waals surface area contributed by atoms with Gasteiger partial charge in [-0.2, -0.15) is 0 Å². The van der Waals surface area contributed by atoms with E-state index in [2.05, 4.69) is 10.3 Å². The summed E-state index contributed by atoms with van der Waals surface area (Å²) in [4.78, 5) is 3.17. The number of nitrogens with one attached hydrogen (secondary N) is 2. The third kappa shape index (κ3) is 2.34. The van der Waals surface area contributed by atoms with Crippen molar-refractivity contribution in [3.05, 3.63) is 64.8 Å². The van der Waals surface area contributed by atoms with Crippen LogP contribution in [0.1, 0.15) is 5.69 Å². The van der Waals surface area contributed by atoms with E-state index in [1.807, 2.05) is 24.3 Å². The molecule has 2 aromatic carbocycles. The van der Waals surface area contributed by atoms with Gasteiger partial charge in [0, 0.05) is 17.0 Å². The van der Waals surface area contributed by atoms with Gasteiger partial charge in [-0.1, -0.05) is 29.8 Å². The number of rotatable bonds is 3. The lowest BCUT2D eigenvalue weighted by molar-refractivity contribution is 0.585. The maximum absolute atomic E-state index is 13.5.